The standard InChI is InChI=1S/C14H19F2NO/c1-9-4-3-5-17(10(9)2)8-11-6-12(15)14(18)13(16)7-11/h6-7,9-10,18H,3-5,8H2,1-2H3. The van der Waals surface area contributed by atoms with Gasteiger partial charge in [-0.15, -0.1) is 0 Å². The highest BCUT2D eigenvalue weighted by Gasteiger charge is 2.25. The monoisotopic (exact) mass is 255 g/mol. The SMILES string of the molecule is CC1CCCN(Cc2cc(F)c(O)c(F)c2)C1C. The van der Waals surface area contributed by atoms with E-state index in [-0.39, 0.29) is 0 Å². The van der Waals surface area contributed by atoms with Gasteiger partial charge in [-0.25, -0.2) is 8.78 Å². The fourth-order valence-electron chi connectivity index (χ4n) is 2.59. The Morgan fingerprint density at radius 2 is 1.89 bits per heavy atom. The first-order valence-corrected chi connectivity index (χ1v) is 6.40. The van der Waals surface area contributed by atoms with Crippen molar-refractivity contribution in [3.8, 4) is 5.75 Å². The zero-order valence-electron chi connectivity index (χ0n) is 10.8. The third kappa shape index (κ3) is 2.64. The minimum atomic E-state index is -0.890. The number of piperidine rings is 1. The Balaban J connectivity index is 2.14. The number of phenolic OH excluding ortho intramolecular Hbond substituents is 1. The van der Waals surface area contributed by atoms with Crippen molar-refractivity contribution in [1.82, 2.24) is 4.90 Å². The van der Waals surface area contributed by atoms with Gasteiger partial charge in [0.05, 0.1) is 0 Å². The highest BCUT2D eigenvalue weighted by molar-refractivity contribution is 5.30. The lowest BCUT2D eigenvalue weighted by molar-refractivity contribution is 0.106. The minimum absolute atomic E-state index is 0.415. The average molecular weight is 255 g/mol. The van der Waals surface area contributed by atoms with E-state index >= 15 is 0 Å². The van der Waals surface area contributed by atoms with Gasteiger partial charge in [-0.2, -0.15) is 0 Å². The van der Waals surface area contributed by atoms with Crippen LogP contribution in [0.4, 0.5) is 8.78 Å². The average Bonchev–Trinajstić information content (AvgIpc) is 2.32. The van der Waals surface area contributed by atoms with E-state index in [2.05, 4.69) is 18.7 Å². The Labute approximate surface area is 106 Å². The largest absolute Gasteiger partial charge is 0.503 e. The number of hydrogen-bond acceptors (Lipinski definition) is 2. The molecule has 0 saturated carbocycles. The highest BCUT2D eigenvalue weighted by atomic mass is 19.1. The second kappa shape index (κ2) is 5.22. The van der Waals surface area contributed by atoms with Crippen LogP contribution in [0.3, 0.4) is 0 Å². The van der Waals surface area contributed by atoms with Gasteiger partial charge in [0, 0.05) is 12.6 Å². The number of rotatable bonds is 2. The molecule has 0 aromatic heterocycles. The molecule has 1 fully saturated rings. The van der Waals surface area contributed by atoms with E-state index in [4.69, 9.17) is 5.11 Å². The molecule has 1 saturated heterocycles. The smallest absolute Gasteiger partial charge is 0.187 e. The van der Waals surface area contributed by atoms with Crippen molar-refractivity contribution in [3.63, 3.8) is 0 Å². The van der Waals surface area contributed by atoms with E-state index in [0.29, 0.717) is 24.1 Å². The van der Waals surface area contributed by atoms with E-state index in [9.17, 15) is 8.78 Å². The van der Waals surface area contributed by atoms with Crippen molar-refractivity contribution < 1.29 is 13.9 Å². The van der Waals surface area contributed by atoms with Crippen LogP contribution in [0, 0.1) is 17.6 Å². The molecule has 1 aliphatic rings. The Morgan fingerprint density at radius 1 is 1.28 bits per heavy atom. The summed E-state index contributed by atoms with van der Waals surface area (Å²) in [7, 11) is 0. The summed E-state index contributed by atoms with van der Waals surface area (Å²) in [5.41, 5.74) is 0.573. The second-order valence-electron chi connectivity index (χ2n) is 5.24. The molecule has 0 radical (unpaired) electrons. The minimum Gasteiger partial charge on any atom is -0.503 e. The second-order valence-corrected chi connectivity index (χ2v) is 5.24. The molecular formula is C14H19F2NO. The molecule has 4 heteroatoms. The number of halogens is 2. The van der Waals surface area contributed by atoms with Crippen molar-refractivity contribution in [1.29, 1.82) is 0 Å². The molecule has 2 unspecified atom stereocenters. The third-order valence-corrected chi connectivity index (χ3v) is 3.97. The molecule has 1 heterocycles. The molecule has 0 amide bonds. The van der Waals surface area contributed by atoms with Crippen molar-refractivity contribution in [3.05, 3.63) is 29.3 Å². The maximum Gasteiger partial charge on any atom is 0.187 e. The van der Waals surface area contributed by atoms with Gasteiger partial charge in [0.25, 0.3) is 0 Å². The molecule has 1 aromatic rings. The van der Waals surface area contributed by atoms with E-state index in [1.54, 1.807) is 0 Å². The van der Waals surface area contributed by atoms with Gasteiger partial charge in [0.2, 0.25) is 0 Å². The molecular weight excluding hydrogens is 236 g/mol. The molecule has 0 bridgehead atoms. The van der Waals surface area contributed by atoms with Crippen molar-refractivity contribution in [2.75, 3.05) is 6.54 Å². The lowest BCUT2D eigenvalue weighted by atomic mass is 9.91. The number of likely N-dealkylation sites (tertiary alicyclic amines) is 1. The molecule has 0 spiro atoms. The normalized spacial score (nSPS) is 25.3. The number of aromatic hydroxyl groups is 1. The summed E-state index contributed by atoms with van der Waals surface area (Å²) in [4.78, 5) is 2.24. The van der Waals surface area contributed by atoms with E-state index < -0.39 is 17.4 Å². The number of nitrogens with zero attached hydrogens (tertiary/aromatic N) is 1. The van der Waals surface area contributed by atoms with Crippen molar-refractivity contribution in [2.24, 2.45) is 5.92 Å². The first kappa shape index (κ1) is 13.3. The van der Waals surface area contributed by atoms with Gasteiger partial charge in [-0.05, 0) is 49.9 Å². The van der Waals surface area contributed by atoms with E-state index in [1.807, 2.05) is 0 Å². The van der Waals surface area contributed by atoms with Crippen LogP contribution in [-0.2, 0) is 6.54 Å². The van der Waals surface area contributed by atoms with Crippen LogP contribution in [0.2, 0.25) is 0 Å². The fourth-order valence-corrected chi connectivity index (χ4v) is 2.59. The van der Waals surface area contributed by atoms with Crippen molar-refractivity contribution >= 4 is 0 Å². The van der Waals surface area contributed by atoms with Gasteiger partial charge in [-0.3, -0.25) is 4.90 Å². The molecule has 1 N–H and O–H groups in total. The zero-order chi connectivity index (χ0) is 13.3. The Morgan fingerprint density at radius 3 is 2.50 bits per heavy atom. The molecule has 2 atom stereocenters. The van der Waals surface area contributed by atoms with Crippen LogP contribution in [0.25, 0.3) is 0 Å². The lowest BCUT2D eigenvalue weighted by Gasteiger charge is -2.38. The predicted molar refractivity (Wildman–Crippen MR) is 66.3 cm³/mol. The van der Waals surface area contributed by atoms with Gasteiger partial charge in [0.15, 0.2) is 17.4 Å². The number of benzene rings is 1. The molecule has 0 aliphatic carbocycles. The first-order chi connectivity index (χ1) is 8.49. The summed E-state index contributed by atoms with van der Waals surface area (Å²) < 4.78 is 26.5. The predicted octanol–water partition coefficient (Wildman–Crippen LogP) is 3.29. The molecule has 2 nitrogen and oxygen atoms in total. The molecule has 18 heavy (non-hydrogen) atoms. The third-order valence-electron chi connectivity index (χ3n) is 3.97. The van der Waals surface area contributed by atoms with Crippen LogP contribution in [0.5, 0.6) is 5.75 Å². The van der Waals surface area contributed by atoms with Crippen LogP contribution >= 0.6 is 0 Å². The van der Waals surface area contributed by atoms with E-state index in [1.165, 1.54) is 18.6 Å². The Kier molecular flexibility index (Phi) is 3.85. The first-order valence-electron chi connectivity index (χ1n) is 6.40. The number of hydrogen-bond donors (Lipinski definition) is 1. The Hall–Kier alpha value is -1.16. The molecule has 1 aromatic carbocycles. The van der Waals surface area contributed by atoms with Gasteiger partial charge < -0.3 is 5.11 Å². The maximum absolute atomic E-state index is 13.3. The maximum atomic E-state index is 13.3. The lowest BCUT2D eigenvalue weighted by Crippen LogP contribution is -2.41. The summed E-state index contributed by atoms with van der Waals surface area (Å²) in [6.07, 6.45) is 2.32. The van der Waals surface area contributed by atoms with E-state index in [0.717, 1.165) is 13.0 Å². The van der Waals surface area contributed by atoms with Crippen molar-refractivity contribution in [2.45, 2.75) is 39.3 Å². The van der Waals surface area contributed by atoms with Gasteiger partial charge in [-0.1, -0.05) is 6.92 Å². The van der Waals surface area contributed by atoms with Crippen LogP contribution in [0.15, 0.2) is 12.1 Å². The Bertz CT molecular complexity index is 413. The summed E-state index contributed by atoms with van der Waals surface area (Å²) >= 11 is 0. The molecule has 100 valence electrons. The summed E-state index contributed by atoms with van der Waals surface area (Å²) in [6, 6.07) is 2.84. The quantitative estimate of drug-likeness (QED) is 0.876. The topological polar surface area (TPSA) is 23.5 Å². The highest BCUT2D eigenvalue weighted by Crippen LogP contribution is 2.26. The van der Waals surface area contributed by atoms with Crippen LogP contribution in [-0.4, -0.2) is 22.6 Å². The number of phenols is 1. The van der Waals surface area contributed by atoms with Gasteiger partial charge in [0.1, 0.15) is 0 Å². The molecule has 2 rings (SSSR count). The summed E-state index contributed by atoms with van der Waals surface area (Å²) in [6.45, 7) is 5.83. The fraction of sp³-hybridized carbons (Fsp3) is 0.571. The van der Waals surface area contributed by atoms with Crippen LogP contribution in [0.1, 0.15) is 32.3 Å². The zero-order valence-corrected chi connectivity index (χ0v) is 10.8. The van der Waals surface area contributed by atoms with Gasteiger partial charge >= 0.3 is 0 Å². The summed E-state index contributed by atoms with van der Waals surface area (Å²) in [5.74, 6) is -2.06. The summed E-state index contributed by atoms with van der Waals surface area (Å²) in [5, 5.41) is 9.07. The molecule has 1 aliphatic heterocycles. The van der Waals surface area contributed by atoms with Crippen LogP contribution < -0.4 is 0 Å².